The molecule has 0 aromatic heterocycles. The van der Waals surface area contributed by atoms with Crippen molar-refractivity contribution in [3.63, 3.8) is 0 Å². The highest BCUT2D eigenvalue weighted by molar-refractivity contribution is 5.48. The molecule has 0 fully saturated rings. The van der Waals surface area contributed by atoms with E-state index in [4.69, 9.17) is 4.74 Å². The first-order chi connectivity index (χ1) is 15.7. The molecule has 0 aliphatic heterocycles. The van der Waals surface area contributed by atoms with Gasteiger partial charge in [-0.05, 0) is 36.6 Å². The highest BCUT2D eigenvalue weighted by Gasteiger charge is 2.07. The molecule has 2 N–H and O–H groups in total. The van der Waals surface area contributed by atoms with E-state index in [1.165, 1.54) is 81.8 Å². The smallest absolute Gasteiger partial charge is 0.127 e. The number of para-hydroxylation sites is 1. The van der Waals surface area contributed by atoms with Crippen molar-refractivity contribution in [1.82, 2.24) is 0 Å². The Kier molecular flexibility index (Phi) is 13.6. The number of anilines is 1. The minimum absolute atomic E-state index is 0.0629. The molecule has 0 spiro atoms. The van der Waals surface area contributed by atoms with Gasteiger partial charge in [-0.3, -0.25) is 0 Å². The molecule has 0 bridgehead atoms. The van der Waals surface area contributed by atoms with Gasteiger partial charge in [-0.1, -0.05) is 108 Å². The molecule has 3 heteroatoms. The second-order valence-corrected chi connectivity index (χ2v) is 9.01. The van der Waals surface area contributed by atoms with Crippen molar-refractivity contribution in [2.75, 3.05) is 11.9 Å². The molecule has 0 heterocycles. The number of ether oxygens (including phenoxy) is 1. The van der Waals surface area contributed by atoms with Crippen LogP contribution >= 0.6 is 0 Å². The number of hydrogen-bond acceptors (Lipinski definition) is 3. The quantitative estimate of drug-likeness (QED) is 0.230. The Morgan fingerprint density at radius 1 is 0.781 bits per heavy atom. The van der Waals surface area contributed by atoms with Crippen LogP contribution in [0.3, 0.4) is 0 Å². The zero-order valence-corrected chi connectivity index (χ0v) is 20.5. The number of aliphatic hydroxyl groups is 1. The van der Waals surface area contributed by atoms with E-state index < -0.39 is 0 Å². The van der Waals surface area contributed by atoms with Gasteiger partial charge >= 0.3 is 0 Å². The van der Waals surface area contributed by atoms with Gasteiger partial charge in [0.1, 0.15) is 5.75 Å². The molecule has 2 aromatic rings. The van der Waals surface area contributed by atoms with Crippen molar-refractivity contribution in [2.45, 2.75) is 104 Å². The summed E-state index contributed by atoms with van der Waals surface area (Å²) in [7, 11) is 0. The fourth-order valence-corrected chi connectivity index (χ4v) is 4.15. The van der Waals surface area contributed by atoms with E-state index in [0.717, 1.165) is 30.0 Å². The predicted molar refractivity (Wildman–Crippen MR) is 137 cm³/mol. The van der Waals surface area contributed by atoms with E-state index in [0.29, 0.717) is 6.54 Å². The van der Waals surface area contributed by atoms with E-state index >= 15 is 0 Å². The number of aryl methyl sites for hydroxylation is 1. The van der Waals surface area contributed by atoms with Gasteiger partial charge in [0.25, 0.3) is 0 Å². The van der Waals surface area contributed by atoms with E-state index in [1.54, 1.807) is 0 Å². The highest BCUT2D eigenvalue weighted by Crippen LogP contribution is 2.25. The molecule has 2 rings (SSSR count). The molecule has 0 saturated heterocycles. The largest absolute Gasteiger partial charge is 0.493 e. The second kappa shape index (κ2) is 16.6. The summed E-state index contributed by atoms with van der Waals surface area (Å²) in [5.74, 6) is 1.02. The molecule has 3 nitrogen and oxygen atoms in total. The standard InChI is InChI=1S/C29H45NO2/c1-3-4-5-6-7-8-9-10-11-12-13-14-21-32-29-25(2)17-15-19-27(29)23-30-28-20-16-18-26(22-28)24-31/h15-20,22,30-31H,3-14,21,23-24H2,1-2H3. The third-order valence-corrected chi connectivity index (χ3v) is 6.13. The van der Waals surface area contributed by atoms with Gasteiger partial charge in [-0.2, -0.15) is 0 Å². The van der Waals surface area contributed by atoms with Crippen molar-refractivity contribution < 1.29 is 9.84 Å². The maximum absolute atomic E-state index is 9.33. The molecule has 0 saturated carbocycles. The van der Waals surface area contributed by atoms with Crippen LogP contribution in [0.1, 0.15) is 101 Å². The lowest BCUT2D eigenvalue weighted by Gasteiger charge is -2.15. The molecule has 0 amide bonds. The van der Waals surface area contributed by atoms with Gasteiger partial charge in [-0.25, -0.2) is 0 Å². The topological polar surface area (TPSA) is 41.5 Å². The molecule has 0 radical (unpaired) electrons. The molecular formula is C29H45NO2. The summed E-state index contributed by atoms with van der Waals surface area (Å²) in [6.45, 7) is 5.96. The molecule has 0 atom stereocenters. The second-order valence-electron chi connectivity index (χ2n) is 9.01. The molecule has 0 unspecified atom stereocenters. The van der Waals surface area contributed by atoms with Crippen molar-refractivity contribution in [1.29, 1.82) is 0 Å². The lowest BCUT2D eigenvalue weighted by atomic mass is 10.1. The number of hydrogen-bond donors (Lipinski definition) is 2. The van der Waals surface area contributed by atoms with E-state index in [2.05, 4.69) is 37.4 Å². The normalized spacial score (nSPS) is 11.0. The van der Waals surface area contributed by atoms with E-state index in [-0.39, 0.29) is 6.61 Å². The van der Waals surface area contributed by atoms with E-state index in [9.17, 15) is 5.11 Å². The van der Waals surface area contributed by atoms with Crippen molar-refractivity contribution in [3.05, 3.63) is 59.2 Å². The van der Waals surface area contributed by atoms with Gasteiger partial charge in [-0.15, -0.1) is 0 Å². The lowest BCUT2D eigenvalue weighted by Crippen LogP contribution is -2.06. The Morgan fingerprint density at radius 2 is 1.41 bits per heavy atom. The predicted octanol–water partition coefficient (Wildman–Crippen LogP) is 8.18. The summed E-state index contributed by atoms with van der Waals surface area (Å²) in [4.78, 5) is 0. The summed E-state index contributed by atoms with van der Waals surface area (Å²) >= 11 is 0. The third kappa shape index (κ3) is 10.5. The molecule has 0 aliphatic carbocycles. The van der Waals surface area contributed by atoms with Gasteiger partial charge in [0, 0.05) is 17.8 Å². The summed E-state index contributed by atoms with van der Waals surface area (Å²) in [6, 6.07) is 14.3. The fourth-order valence-electron chi connectivity index (χ4n) is 4.15. The highest BCUT2D eigenvalue weighted by atomic mass is 16.5. The Labute approximate surface area is 196 Å². The molecule has 2 aromatic carbocycles. The van der Waals surface area contributed by atoms with Crippen LogP contribution in [0.4, 0.5) is 5.69 Å². The Hall–Kier alpha value is -2.00. The number of benzene rings is 2. The average molecular weight is 440 g/mol. The molecule has 178 valence electrons. The maximum Gasteiger partial charge on any atom is 0.127 e. The zero-order chi connectivity index (χ0) is 22.9. The van der Waals surface area contributed by atoms with Crippen LogP contribution in [0.5, 0.6) is 5.75 Å². The lowest BCUT2D eigenvalue weighted by molar-refractivity contribution is 0.282. The van der Waals surface area contributed by atoms with Crippen LogP contribution in [0.25, 0.3) is 0 Å². The van der Waals surface area contributed by atoms with Crippen LogP contribution in [0.2, 0.25) is 0 Å². The van der Waals surface area contributed by atoms with Gasteiger partial charge < -0.3 is 15.2 Å². The van der Waals surface area contributed by atoms with Crippen LogP contribution < -0.4 is 10.1 Å². The molecular weight excluding hydrogens is 394 g/mol. The minimum Gasteiger partial charge on any atom is -0.493 e. The van der Waals surface area contributed by atoms with Crippen molar-refractivity contribution in [3.8, 4) is 5.75 Å². The number of rotatable bonds is 18. The summed E-state index contributed by atoms with van der Waals surface area (Å²) in [6.07, 6.45) is 16.3. The van der Waals surface area contributed by atoms with Crippen LogP contribution in [0.15, 0.2) is 42.5 Å². The first-order valence-electron chi connectivity index (χ1n) is 12.9. The first kappa shape index (κ1) is 26.3. The summed E-state index contributed by atoms with van der Waals surface area (Å²) < 4.78 is 6.21. The number of aliphatic hydroxyl groups excluding tert-OH is 1. The summed E-state index contributed by atoms with van der Waals surface area (Å²) in [5.41, 5.74) is 4.30. The average Bonchev–Trinajstić information content (AvgIpc) is 2.82. The fraction of sp³-hybridized carbons (Fsp3) is 0.586. The van der Waals surface area contributed by atoms with Gasteiger partial charge in [0.05, 0.1) is 13.2 Å². The zero-order valence-electron chi connectivity index (χ0n) is 20.5. The Morgan fingerprint density at radius 3 is 2.06 bits per heavy atom. The Balaban J connectivity index is 1.62. The van der Waals surface area contributed by atoms with Crippen LogP contribution in [-0.2, 0) is 13.2 Å². The first-order valence-corrected chi connectivity index (χ1v) is 12.9. The monoisotopic (exact) mass is 439 g/mol. The molecule has 32 heavy (non-hydrogen) atoms. The maximum atomic E-state index is 9.33. The van der Waals surface area contributed by atoms with Crippen molar-refractivity contribution >= 4 is 5.69 Å². The van der Waals surface area contributed by atoms with Crippen molar-refractivity contribution in [2.24, 2.45) is 0 Å². The number of unbranched alkanes of at least 4 members (excludes halogenated alkanes) is 11. The molecule has 0 aliphatic rings. The summed E-state index contributed by atoms with van der Waals surface area (Å²) in [5, 5.41) is 12.8. The van der Waals surface area contributed by atoms with Crippen LogP contribution in [-0.4, -0.2) is 11.7 Å². The SMILES string of the molecule is CCCCCCCCCCCCCCOc1c(C)cccc1CNc1cccc(CO)c1. The Bertz CT molecular complexity index is 744. The van der Waals surface area contributed by atoms with E-state index in [1.807, 2.05) is 24.3 Å². The third-order valence-electron chi connectivity index (χ3n) is 6.13. The minimum atomic E-state index is 0.0629. The van der Waals surface area contributed by atoms with Crippen LogP contribution in [0, 0.1) is 6.92 Å². The van der Waals surface area contributed by atoms with Gasteiger partial charge in [0.15, 0.2) is 0 Å². The van der Waals surface area contributed by atoms with Gasteiger partial charge in [0.2, 0.25) is 0 Å². The number of nitrogens with one attached hydrogen (secondary N) is 1.